The molecule has 2 aliphatic rings. The Morgan fingerprint density at radius 2 is 1.82 bits per heavy atom. The van der Waals surface area contributed by atoms with E-state index in [0.29, 0.717) is 38.2 Å². The van der Waals surface area contributed by atoms with Crippen LogP contribution in [0.15, 0.2) is 36.4 Å². The number of hydrogen-bond acceptors (Lipinski definition) is 4. The van der Waals surface area contributed by atoms with Crippen LogP contribution in [0.1, 0.15) is 47.9 Å². The molecule has 0 saturated carbocycles. The number of rotatable bonds is 9. The molecule has 1 aromatic heterocycles. The highest BCUT2D eigenvalue weighted by Crippen LogP contribution is 2.44. The Balaban J connectivity index is 1.53. The van der Waals surface area contributed by atoms with Gasteiger partial charge >= 0.3 is 0 Å². The monoisotopic (exact) mass is 537 g/mol. The van der Waals surface area contributed by atoms with Crippen LogP contribution in [-0.2, 0) is 6.42 Å². The summed E-state index contributed by atoms with van der Waals surface area (Å²) in [5.74, 6) is -5.59. The van der Waals surface area contributed by atoms with Crippen molar-refractivity contribution in [2.75, 3.05) is 39.5 Å². The Morgan fingerprint density at radius 3 is 2.47 bits per heavy atom. The summed E-state index contributed by atoms with van der Waals surface area (Å²) in [6.45, 7) is 0.573. The molecule has 0 amide bonds. The number of aromatic nitrogens is 1. The number of aliphatic hydroxyl groups excluding tert-OH is 2. The molecule has 5 rings (SSSR count). The molecule has 0 bridgehead atoms. The molecule has 2 aliphatic heterocycles. The fourth-order valence-corrected chi connectivity index (χ4v) is 5.97. The van der Waals surface area contributed by atoms with Crippen LogP contribution in [-0.4, -0.2) is 76.4 Å². The van der Waals surface area contributed by atoms with Gasteiger partial charge in [-0.2, -0.15) is 0 Å². The maximum Gasteiger partial charge on any atom is 0.283 e. The summed E-state index contributed by atoms with van der Waals surface area (Å²) in [4.78, 5) is 6.51. The number of benzene rings is 2. The van der Waals surface area contributed by atoms with Crippen molar-refractivity contribution in [3.63, 3.8) is 0 Å². The number of halogens is 5. The zero-order valence-electron chi connectivity index (χ0n) is 21.1. The smallest absolute Gasteiger partial charge is 0.283 e. The third-order valence-electron chi connectivity index (χ3n) is 7.92. The normalized spacial score (nSPS) is 22.0. The van der Waals surface area contributed by atoms with Crippen LogP contribution in [0.3, 0.4) is 0 Å². The molecule has 2 aromatic carbocycles. The molecule has 1 saturated heterocycles. The second-order valence-corrected chi connectivity index (χ2v) is 10.6. The van der Waals surface area contributed by atoms with Crippen molar-refractivity contribution in [1.82, 2.24) is 14.8 Å². The number of H-pyrrole nitrogens is 1. The van der Waals surface area contributed by atoms with Crippen molar-refractivity contribution >= 4 is 10.9 Å². The van der Waals surface area contributed by atoms with Gasteiger partial charge in [-0.05, 0) is 49.1 Å². The Labute approximate surface area is 217 Å². The van der Waals surface area contributed by atoms with Gasteiger partial charge in [0.1, 0.15) is 18.2 Å². The molecule has 3 atom stereocenters. The number of aromatic amines is 1. The first kappa shape index (κ1) is 27.1. The van der Waals surface area contributed by atoms with E-state index in [-0.39, 0.29) is 17.0 Å². The third kappa shape index (κ3) is 4.95. The van der Waals surface area contributed by atoms with Gasteiger partial charge in [0.2, 0.25) is 0 Å². The molecule has 0 radical (unpaired) electrons. The molecular weight excluding hydrogens is 505 g/mol. The van der Waals surface area contributed by atoms with Gasteiger partial charge in [0.15, 0.2) is 0 Å². The Bertz CT molecular complexity index is 1270. The van der Waals surface area contributed by atoms with Crippen molar-refractivity contribution < 1.29 is 32.2 Å². The molecule has 0 aliphatic carbocycles. The molecule has 38 heavy (non-hydrogen) atoms. The van der Waals surface area contributed by atoms with Gasteiger partial charge in [-0.1, -0.05) is 18.2 Å². The van der Waals surface area contributed by atoms with Crippen molar-refractivity contribution in [2.45, 2.75) is 43.9 Å². The lowest BCUT2D eigenvalue weighted by Crippen LogP contribution is -2.50. The molecule has 3 N–H and O–H groups in total. The standard InChI is InChI=1S/C28H32F5N3O2/c1-16-9-20-19-5-2-3-6-23(19)34-25(20)26(36(16)14-28(32,33)15-37)24-21(30)10-17(11-22(24)31)27(38)18-12-35(13-18)8-4-7-29/h2-3,5-6,10-11,16,18,26-27,34,37-38H,4,7-9,12-15H2,1H3/t16-,26-,27-/m1/s1. The number of nitrogens with zero attached hydrogens (tertiary/aromatic N) is 2. The number of hydrogen-bond donors (Lipinski definition) is 3. The van der Waals surface area contributed by atoms with Crippen molar-refractivity contribution in [3.8, 4) is 0 Å². The van der Waals surface area contributed by atoms with Crippen molar-refractivity contribution in [2.24, 2.45) is 5.92 Å². The van der Waals surface area contributed by atoms with Crippen molar-refractivity contribution in [1.29, 1.82) is 0 Å². The van der Waals surface area contributed by atoms with E-state index in [1.54, 1.807) is 6.92 Å². The molecule has 1 fully saturated rings. The maximum absolute atomic E-state index is 15.8. The predicted octanol–water partition coefficient (Wildman–Crippen LogP) is 4.73. The first-order valence-corrected chi connectivity index (χ1v) is 12.9. The van der Waals surface area contributed by atoms with Crippen molar-refractivity contribution in [3.05, 3.63) is 70.4 Å². The SMILES string of the molecule is C[C@@H]1Cc2c([nH]c3ccccc23)[C@@H](c2c(F)cc([C@@H](O)C3CN(CCCF)C3)cc2F)N1CC(F)(F)CO. The molecule has 3 aromatic rings. The molecule has 0 unspecified atom stereocenters. The van der Waals surface area contributed by atoms with E-state index in [1.165, 1.54) is 4.90 Å². The topological polar surface area (TPSA) is 62.7 Å². The fraction of sp³-hybridized carbons (Fsp3) is 0.500. The van der Waals surface area contributed by atoms with E-state index in [0.717, 1.165) is 28.6 Å². The van der Waals surface area contributed by atoms with Gasteiger partial charge in [0, 0.05) is 53.8 Å². The minimum Gasteiger partial charge on any atom is -0.390 e. The Kier molecular flexibility index (Phi) is 7.52. The summed E-state index contributed by atoms with van der Waals surface area (Å²) in [5, 5.41) is 20.9. The number of likely N-dealkylation sites (tertiary alicyclic amines) is 1. The number of fused-ring (bicyclic) bond motifs is 3. The number of alkyl halides is 3. The lowest BCUT2D eigenvalue weighted by atomic mass is 9.85. The highest BCUT2D eigenvalue weighted by molar-refractivity contribution is 5.85. The van der Waals surface area contributed by atoms with Gasteiger partial charge in [-0.15, -0.1) is 0 Å². The van der Waals surface area contributed by atoms with Crippen LogP contribution in [0.2, 0.25) is 0 Å². The lowest BCUT2D eigenvalue weighted by molar-refractivity contribution is -0.0869. The molecule has 206 valence electrons. The third-order valence-corrected chi connectivity index (χ3v) is 7.92. The Morgan fingerprint density at radius 1 is 1.13 bits per heavy atom. The lowest BCUT2D eigenvalue weighted by Gasteiger charge is -2.43. The average molecular weight is 538 g/mol. The highest BCUT2D eigenvalue weighted by atomic mass is 19.3. The number of aliphatic hydroxyl groups is 2. The summed E-state index contributed by atoms with van der Waals surface area (Å²) in [6.07, 6.45) is -0.335. The van der Waals surface area contributed by atoms with Crippen LogP contribution >= 0.6 is 0 Å². The second-order valence-electron chi connectivity index (χ2n) is 10.6. The first-order valence-electron chi connectivity index (χ1n) is 12.9. The minimum absolute atomic E-state index is 0.0758. The zero-order chi connectivity index (χ0) is 27.2. The number of nitrogens with one attached hydrogen (secondary N) is 1. The van der Waals surface area contributed by atoms with E-state index >= 15 is 8.78 Å². The minimum atomic E-state index is -3.47. The van der Waals surface area contributed by atoms with Gasteiger partial charge in [-0.3, -0.25) is 9.29 Å². The zero-order valence-corrected chi connectivity index (χ0v) is 21.1. The molecule has 3 heterocycles. The van der Waals surface area contributed by atoms with Crippen LogP contribution in [0.5, 0.6) is 0 Å². The first-order chi connectivity index (χ1) is 18.1. The fourth-order valence-electron chi connectivity index (χ4n) is 5.97. The maximum atomic E-state index is 15.8. The van der Waals surface area contributed by atoms with E-state index in [4.69, 9.17) is 0 Å². The van der Waals surface area contributed by atoms with Crippen LogP contribution in [0, 0.1) is 17.6 Å². The molecule has 5 nitrogen and oxygen atoms in total. The van der Waals surface area contributed by atoms with E-state index in [2.05, 4.69) is 4.98 Å². The number of para-hydroxylation sites is 1. The second kappa shape index (κ2) is 10.6. The van der Waals surface area contributed by atoms with E-state index in [1.807, 2.05) is 29.2 Å². The van der Waals surface area contributed by atoms with Gasteiger partial charge in [0.25, 0.3) is 5.92 Å². The Hall–Kier alpha value is -2.53. The quantitative estimate of drug-likeness (QED) is 0.346. The summed E-state index contributed by atoms with van der Waals surface area (Å²) in [5.41, 5.74) is 1.68. The van der Waals surface area contributed by atoms with E-state index < -0.39 is 55.6 Å². The van der Waals surface area contributed by atoms with Crippen LogP contribution in [0.25, 0.3) is 10.9 Å². The van der Waals surface area contributed by atoms with Gasteiger partial charge in [0.05, 0.1) is 25.4 Å². The van der Waals surface area contributed by atoms with Crippen LogP contribution < -0.4 is 0 Å². The summed E-state index contributed by atoms with van der Waals surface area (Å²) in [6, 6.07) is 7.84. The largest absolute Gasteiger partial charge is 0.390 e. The summed E-state index contributed by atoms with van der Waals surface area (Å²) in [7, 11) is 0. The summed E-state index contributed by atoms with van der Waals surface area (Å²) < 4.78 is 72.8. The highest BCUT2D eigenvalue weighted by Gasteiger charge is 2.44. The van der Waals surface area contributed by atoms with Crippen LogP contribution in [0.4, 0.5) is 22.0 Å². The molecule has 10 heteroatoms. The summed E-state index contributed by atoms with van der Waals surface area (Å²) >= 11 is 0. The van der Waals surface area contributed by atoms with E-state index in [9.17, 15) is 23.4 Å². The van der Waals surface area contributed by atoms with Gasteiger partial charge < -0.3 is 20.1 Å². The van der Waals surface area contributed by atoms with Gasteiger partial charge in [-0.25, -0.2) is 17.6 Å². The average Bonchev–Trinajstić information content (AvgIpc) is 3.22. The predicted molar refractivity (Wildman–Crippen MR) is 134 cm³/mol. The molecular formula is C28H32F5N3O2. The molecule has 0 spiro atoms.